The molecule has 6 heteroatoms. The Morgan fingerprint density at radius 2 is 1.93 bits per heavy atom. The molecule has 0 amide bonds. The number of aromatic nitrogens is 4. The Labute approximate surface area is 94.6 Å². The number of imidazole rings is 1. The van der Waals surface area contributed by atoms with Gasteiger partial charge in [-0.3, -0.25) is 0 Å². The monoisotopic (exact) mass is 234 g/mol. The summed E-state index contributed by atoms with van der Waals surface area (Å²) in [5.41, 5.74) is 1.76. The Hall–Kier alpha value is -0.870. The number of fused-ring (bicyclic) bond motifs is 1. The minimum Gasteiger partial charge on any atom is -0.313 e. The molecule has 0 fully saturated rings. The highest BCUT2D eigenvalue weighted by atomic mass is 35.5. The maximum absolute atomic E-state index is 4.18. The van der Waals surface area contributed by atoms with Crippen molar-refractivity contribution in [2.24, 2.45) is 0 Å². The van der Waals surface area contributed by atoms with Gasteiger partial charge in [-0.05, 0) is 13.8 Å². The predicted molar refractivity (Wildman–Crippen MR) is 60.2 cm³/mol. The molecule has 0 aliphatic heterocycles. The Bertz CT molecular complexity index is 399. The van der Waals surface area contributed by atoms with E-state index in [0.717, 1.165) is 11.2 Å². The second-order valence-electron chi connectivity index (χ2n) is 2.98. The zero-order chi connectivity index (χ0) is 8.55. The van der Waals surface area contributed by atoms with Gasteiger partial charge in [0, 0.05) is 6.04 Å². The highest BCUT2D eigenvalue weighted by Gasteiger charge is 2.04. The number of hydrogen-bond donors (Lipinski definition) is 0. The van der Waals surface area contributed by atoms with Crippen LogP contribution in [0, 0.1) is 0 Å². The van der Waals surface area contributed by atoms with E-state index in [9.17, 15) is 0 Å². The van der Waals surface area contributed by atoms with Crippen LogP contribution < -0.4 is 0 Å². The summed E-state index contributed by atoms with van der Waals surface area (Å²) in [4.78, 5) is 12.2. The van der Waals surface area contributed by atoms with E-state index in [0.29, 0.717) is 6.04 Å². The number of nitrogens with zero attached hydrogens (tertiary/aromatic N) is 4. The van der Waals surface area contributed by atoms with Crippen molar-refractivity contribution >= 4 is 36.0 Å². The fourth-order valence-corrected chi connectivity index (χ4v) is 1.16. The van der Waals surface area contributed by atoms with Crippen molar-refractivity contribution in [2.45, 2.75) is 19.9 Å². The summed E-state index contributed by atoms with van der Waals surface area (Å²) in [5, 5.41) is 0. The molecule has 0 saturated heterocycles. The van der Waals surface area contributed by atoms with Crippen molar-refractivity contribution in [1.82, 2.24) is 19.5 Å². The normalized spacial score (nSPS) is 9.64. The maximum atomic E-state index is 4.18. The van der Waals surface area contributed by atoms with E-state index in [1.165, 1.54) is 0 Å². The van der Waals surface area contributed by atoms with Crippen LogP contribution in [-0.4, -0.2) is 19.5 Å². The summed E-state index contributed by atoms with van der Waals surface area (Å²) in [7, 11) is 0. The van der Waals surface area contributed by atoms with Gasteiger partial charge in [-0.1, -0.05) is 0 Å². The Balaban J connectivity index is 0.000000845. The first-order valence-electron chi connectivity index (χ1n) is 3.91. The van der Waals surface area contributed by atoms with Gasteiger partial charge in [0.25, 0.3) is 0 Å². The van der Waals surface area contributed by atoms with Gasteiger partial charge >= 0.3 is 0 Å². The molecule has 2 rings (SSSR count). The third kappa shape index (κ3) is 2.13. The third-order valence-electron chi connectivity index (χ3n) is 1.79. The van der Waals surface area contributed by atoms with Crippen LogP contribution in [0.4, 0.5) is 0 Å². The fraction of sp³-hybridized carbons (Fsp3) is 0.375. The molecular formula is C8H12Cl2N4. The lowest BCUT2D eigenvalue weighted by Crippen LogP contribution is -1.99. The molecule has 0 aliphatic carbocycles. The average Bonchev–Trinajstić information content (AvgIpc) is 2.47. The van der Waals surface area contributed by atoms with Crippen molar-refractivity contribution in [2.75, 3.05) is 0 Å². The van der Waals surface area contributed by atoms with Crippen molar-refractivity contribution < 1.29 is 0 Å². The highest BCUT2D eigenvalue weighted by molar-refractivity contribution is 5.85. The molecule has 0 spiro atoms. The van der Waals surface area contributed by atoms with Gasteiger partial charge < -0.3 is 4.57 Å². The third-order valence-corrected chi connectivity index (χ3v) is 1.79. The summed E-state index contributed by atoms with van der Waals surface area (Å²) in [6.45, 7) is 4.20. The van der Waals surface area contributed by atoms with Gasteiger partial charge in [0.15, 0.2) is 5.65 Å². The van der Waals surface area contributed by atoms with Gasteiger partial charge in [0.1, 0.15) is 11.8 Å². The maximum Gasteiger partial charge on any atom is 0.163 e. The van der Waals surface area contributed by atoms with E-state index >= 15 is 0 Å². The largest absolute Gasteiger partial charge is 0.313 e. The zero-order valence-corrected chi connectivity index (χ0v) is 9.55. The average molecular weight is 235 g/mol. The van der Waals surface area contributed by atoms with Crippen LogP contribution >= 0.6 is 24.8 Å². The van der Waals surface area contributed by atoms with Gasteiger partial charge in [-0.25, -0.2) is 15.0 Å². The van der Waals surface area contributed by atoms with Crippen molar-refractivity contribution in [3.63, 3.8) is 0 Å². The summed E-state index contributed by atoms with van der Waals surface area (Å²) < 4.78 is 2.02. The van der Waals surface area contributed by atoms with Gasteiger partial charge in [-0.15, -0.1) is 24.8 Å². The van der Waals surface area contributed by atoms with Crippen LogP contribution in [0.1, 0.15) is 19.9 Å². The van der Waals surface area contributed by atoms with Gasteiger partial charge in [0.2, 0.25) is 0 Å². The Morgan fingerprint density at radius 1 is 1.21 bits per heavy atom. The first-order valence-corrected chi connectivity index (χ1v) is 3.91. The highest BCUT2D eigenvalue weighted by Crippen LogP contribution is 2.12. The van der Waals surface area contributed by atoms with Gasteiger partial charge in [0.05, 0.1) is 12.5 Å². The molecule has 0 radical (unpaired) electrons. The van der Waals surface area contributed by atoms with Crippen molar-refractivity contribution in [3.8, 4) is 0 Å². The van der Waals surface area contributed by atoms with E-state index in [2.05, 4.69) is 28.8 Å². The smallest absolute Gasteiger partial charge is 0.163 e. The topological polar surface area (TPSA) is 43.6 Å². The molecule has 0 aromatic carbocycles. The quantitative estimate of drug-likeness (QED) is 0.761. The SMILES string of the molecule is CC(C)n1cnc2cncnc21.Cl.Cl. The Morgan fingerprint density at radius 3 is 2.57 bits per heavy atom. The summed E-state index contributed by atoms with van der Waals surface area (Å²) in [6.07, 6.45) is 5.06. The molecule has 78 valence electrons. The minimum absolute atomic E-state index is 0. The lowest BCUT2D eigenvalue weighted by molar-refractivity contribution is 0.612. The fourth-order valence-electron chi connectivity index (χ4n) is 1.16. The van der Waals surface area contributed by atoms with Crippen molar-refractivity contribution in [3.05, 3.63) is 18.9 Å². The minimum atomic E-state index is 0. The standard InChI is InChI=1S/C8H10N4.2ClH/c1-6(2)12-5-11-7-3-9-4-10-8(7)12;;/h3-6H,1-2H3;2*1H. The van der Waals surface area contributed by atoms with Crippen LogP contribution in [0.25, 0.3) is 11.2 Å². The molecule has 2 heterocycles. The lowest BCUT2D eigenvalue weighted by atomic mass is 10.4. The van der Waals surface area contributed by atoms with E-state index in [-0.39, 0.29) is 24.8 Å². The van der Waals surface area contributed by atoms with Crippen LogP contribution in [-0.2, 0) is 0 Å². The molecule has 2 aromatic rings. The van der Waals surface area contributed by atoms with E-state index < -0.39 is 0 Å². The van der Waals surface area contributed by atoms with E-state index in [1.54, 1.807) is 18.9 Å². The number of rotatable bonds is 1. The molecule has 0 unspecified atom stereocenters. The van der Waals surface area contributed by atoms with Crippen LogP contribution in [0.15, 0.2) is 18.9 Å². The molecule has 2 aromatic heterocycles. The van der Waals surface area contributed by atoms with Crippen LogP contribution in [0.5, 0.6) is 0 Å². The van der Waals surface area contributed by atoms with Gasteiger partial charge in [-0.2, -0.15) is 0 Å². The van der Waals surface area contributed by atoms with Crippen LogP contribution in [0.2, 0.25) is 0 Å². The summed E-state index contributed by atoms with van der Waals surface area (Å²) >= 11 is 0. The van der Waals surface area contributed by atoms with E-state index in [4.69, 9.17) is 0 Å². The second kappa shape index (κ2) is 5.12. The lowest BCUT2D eigenvalue weighted by Gasteiger charge is -2.05. The van der Waals surface area contributed by atoms with Crippen molar-refractivity contribution in [1.29, 1.82) is 0 Å². The molecule has 0 aliphatic rings. The first kappa shape index (κ1) is 13.1. The Kier molecular flexibility index (Phi) is 4.80. The molecule has 0 N–H and O–H groups in total. The predicted octanol–water partition coefficient (Wildman–Crippen LogP) is 2.25. The summed E-state index contributed by atoms with van der Waals surface area (Å²) in [5.74, 6) is 0. The molecule has 4 nitrogen and oxygen atoms in total. The first-order chi connectivity index (χ1) is 5.79. The molecule has 0 bridgehead atoms. The second-order valence-corrected chi connectivity index (χ2v) is 2.98. The molecule has 0 saturated carbocycles. The van der Waals surface area contributed by atoms with Crippen LogP contribution in [0.3, 0.4) is 0 Å². The molecule has 0 atom stereocenters. The summed E-state index contributed by atoms with van der Waals surface area (Å²) in [6, 6.07) is 0.393. The molecular weight excluding hydrogens is 223 g/mol. The number of hydrogen-bond acceptors (Lipinski definition) is 3. The molecule has 14 heavy (non-hydrogen) atoms. The number of halogens is 2. The zero-order valence-electron chi connectivity index (χ0n) is 7.91. The van der Waals surface area contributed by atoms with E-state index in [1.807, 2.05) is 4.57 Å².